The van der Waals surface area contributed by atoms with E-state index in [2.05, 4.69) is 20.3 Å². The van der Waals surface area contributed by atoms with E-state index in [0.29, 0.717) is 24.0 Å². The highest BCUT2D eigenvalue weighted by molar-refractivity contribution is 5.80. The predicted octanol–water partition coefficient (Wildman–Crippen LogP) is 2.10. The van der Waals surface area contributed by atoms with E-state index in [9.17, 15) is 13.2 Å². The van der Waals surface area contributed by atoms with Crippen LogP contribution in [0.15, 0.2) is 6.33 Å². The fourth-order valence-electron chi connectivity index (χ4n) is 2.71. The summed E-state index contributed by atoms with van der Waals surface area (Å²) >= 11 is 0. The molecule has 9 heteroatoms. The molecule has 2 N–H and O–H groups in total. The van der Waals surface area contributed by atoms with Crippen molar-refractivity contribution in [3.63, 3.8) is 0 Å². The van der Waals surface area contributed by atoms with Crippen LogP contribution in [-0.2, 0) is 0 Å². The third kappa shape index (κ3) is 2.16. The van der Waals surface area contributed by atoms with E-state index in [-0.39, 0.29) is 24.7 Å². The minimum Gasteiger partial charge on any atom is -0.382 e. The van der Waals surface area contributed by atoms with Gasteiger partial charge in [-0.2, -0.15) is 13.2 Å². The van der Waals surface area contributed by atoms with E-state index < -0.39 is 12.1 Å². The molecule has 2 atom stereocenters. The average Bonchev–Trinajstić information content (AvgIpc) is 2.83. The Kier molecular flexibility index (Phi) is 2.98. The first-order valence-corrected chi connectivity index (χ1v) is 6.35. The monoisotopic (exact) mass is 286 g/mol. The standard InChI is InChI=1S/C11H13F3N6/c12-11(13,14)6-2-1-3-7(4-6)20-10-8(18-19-20)9(15)16-5-17-10/h5-7H,1-4H2,(H2,15,16,17). The van der Waals surface area contributed by atoms with Gasteiger partial charge in [-0.3, -0.25) is 0 Å². The fourth-order valence-corrected chi connectivity index (χ4v) is 2.71. The maximum atomic E-state index is 12.8. The van der Waals surface area contributed by atoms with Crippen molar-refractivity contribution in [2.24, 2.45) is 5.92 Å². The summed E-state index contributed by atoms with van der Waals surface area (Å²) < 4.78 is 40.0. The second-order valence-electron chi connectivity index (χ2n) is 5.02. The number of nitrogen functional groups attached to an aromatic ring is 1. The van der Waals surface area contributed by atoms with Crippen molar-refractivity contribution in [3.8, 4) is 0 Å². The van der Waals surface area contributed by atoms with Crippen molar-refractivity contribution < 1.29 is 13.2 Å². The van der Waals surface area contributed by atoms with Crippen LogP contribution in [0.2, 0.25) is 0 Å². The molecule has 0 spiro atoms. The maximum absolute atomic E-state index is 12.8. The molecule has 2 heterocycles. The number of anilines is 1. The molecular formula is C11H13F3N6. The van der Waals surface area contributed by atoms with Crippen LogP contribution in [0.5, 0.6) is 0 Å². The van der Waals surface area contributed by atoms with Crippen molar-refractivity contribution in [1.29, 1.82) is 0 Å². The van der Waals surface area contributed by atoms with Gasteiger partial charge in [-0.1, -0.05) is 11.6 Å². The number of fused-ring (bicyclic) bond motifs is 1. The van der Waals surface area contributed by atoms with Gasteiger partial charge in [0.1, 0.15) is 6.33 Å². The lowest BCUT2D eigenvalue weighted by molar-refractivity contribution is -0.185. The Morgan fingerprint density at radius 3 is 2.80 bits per heavy atom. The Morgan fingerprint density at radius 1 is 1.25 bits per heavy atom. The lowest BCUT2D eigenvalue weighted by atomic mass is 9.85. The van der Waals surface area contributed by atoms with Gasteiger partial charge < -0.3 is 5.73 Å². The highest BCUT2D eigenvalue weighted by Gasteiger charge is 2.43. The van der Waals surface area contributed by atoms with Crippen LogP contribution < -0.4 is 5.73 Å². The van der Waals surface area contributed by atoms with Gasteiger partial charge in [0.15, 0.2) is 17.0 Å². The minimum absolute atomic E-state index is 0.00582. The van der Waals surface area contributed by atoms with Gasteiger partial charge in [-0.25, -0.2) is 14.6 Å². The summed E-state index contributed by atoms with van der Waals surface area (Å²) in [7, 11) is 0. The molecule has 6 nitrogen and oxygen atoms in total. The van der Waals surface area contributed by atoms with Crippen molar-refractivity contribution >= 4 is 17.0 Å². The second kappa shape index (κ2) is 4.57. The largest absolute Gasteiger partial charge is 0.391 e. The number of nitrogens with zero attached hydrogens (tertiary/aromatic N) is 5. The third-order valence-corrected chi connectivity index (χ3v) is 3.74. The van der Waals surface area contributed by atoms with E-state index in [4.69, 9.17) is 5.73 Å². The molecule has 0 radical (unpaired) electrons. The van der Waals surface area contributed by atoms with E-state index in [0.717, 1.165) is 0 Å². The van der Waals surface area contributed by atoms with Gasteiger partial charge in [0.25, 0.3) is 0 Å². The Labute approximate surface area is 112 Å². The molecule has 108 valence electrons. The maximum Gasteiger partial charge on any atom is 0.391 e. The molecule has 1 aliphatic rings. The van der Waals surface area contributed by atoms with Gasteiger partial charge in [0, 0.05) is 0 Å². The molecular weight excluding hydrogens is 273 g/mol. The Bertz CT molecular complexity index is 622. The number of aromatic nitrogens is 5. The van der Waals surface area contributed by atoms with Crippen molar-refractivity contribution in [1.82, 2.24) is 25.0 Å². The molecule has 0 amide bonds. The Hall–Kier alpha value is -1.93. The highest BCUT2D eigenvalue weighted by atomic mass is 19.4. The van der Waals surface area contributed by atoms with Crippen molar-refractivity contribution in [2.45, 2.75) is 37.9 Å². The Balaban J connectivity index is 1.93. The fraction of sp³-hybridized carbons (Fsp3) is 0.636. The number of rotatable bonds is 1. The van der Waals surface area contributed by atoms with Crippen molar-refractivity contribution in [3.05, 3.63) is 6.33 Å². The van der Waals surface area contributed by atoms with Crippen LogP contribution in [-0.4, -0.2) is 31.1 Å². The smallest absolute Gasteiger partial charge is 0.382 e. The molecule has 0 saturated heterocycles. The summed E-state index contributed by atoms with van der Waals surface area (Å²) in [6.45, 7) is 0. The summed E-state index contributed by atoms with van der Waals surface area (Å²) in [6, 6.07) is -0.352. The molecule has 1 aliphatic carbocycles. The summed E-state index contributed by atoms with van der Waals surface area (Å²) in [5, 5.41) is 7.78. The van der Waals surface area contributed by atoms with E-state index in [1.54, 1.807) is 0 Å². The first-order chi connectivity index (χ1) is 9.47. The summed E-state index contributed by atoms with van der Waals surface area (Å²) in [5.74, 6) is -1.11. The van der Waals surface area contributed by atoms with E-state index in [1.165, 1.54) is 11.0 Å². The van der Waals surface area contributed by atoms with Gasteiger partial charge in [-0.15, -0.1) is 5.10 Å². The SMILES string of the molecule is Nc1ncnc2c1nnn2C1CCCC(C(F)(F)F)C1. The molecule has 0 aliphatic heterocycles. The van der Waals surface area contributed by atoms with Gasteiger partial charge >= 0.3 is 6.18 Å². The van der Waals surface area contributed by atoms with Crippen LogP contribution in [0.4, 0.5) is 19.0 Å². The summed E-state index contributed by atoms with van der Waals surface area (Å²) in [5.41, 5.74) is 6.38. The zero-order chi connectivity index (χ0) is 14.3. The lowest BCUT2D eigenvalue weighted by Crippen LogP contribution is -2.30. The average molecular weight is 286 g/mol. The normalized spacial score (nSPS) is 24.1. The number of hydrogen-bond donors (Lipinski definition) is 1. The molecule has 1 fully saturated rings. The molecule has 20 heavy (non-hydrogen) atoms. The van der Waals surface area contributed by atoms with E-state index in [1.807, 2.05) is 0 Å². The highest BCUT2D eigenvalue weighted by Crippen LogP contribution is 2.42. The van der Waals surface area contributed by atoms with Gasteiger partial charge in [0.2, 0.25) is 0 Å². The molecule has 3 rings (SSSR count). The third-order valence-electron chi connectivity index (χ3n) is 3.74. The van der Waals surface area contributed by atoms with Crippen LogP contribution in [0, 0.1) is 5.92 Å². The second-order valence-corrected chi connectivity index (χ2v) is 5.02. The number of alkyl halides is 3. The Morgan fingerprint density at radius 2 is 2.05 bits per heavy atom. The molecule has 1 saturated carbocycles. The summed E-state index contributed by atoms with van der Waals surface area (Å²) in [6.07, 6.45) is -1.58. The van der Waals surface area contributed by atoms with Crippen LogP contribution in [0.25, 0.3) is 11.2 Å². The van der Waals surface area contributed by atoms with Crippen LogP contribution in [0.1, 0.15) is 31.7 Å². The zero-order valence-electron chi connectivity index (χ0n) is 10.5. The molecule has 2 aromatic heterocycles. The van der Waals surface area contributed by atoms with Crippen molar-refractivity contribution in [2.75, 3.05) is 5.73 Å². The summed E-state index contributed by atoms with van der Waals surface area (Å²) in [4.78, 5) is 7.82. The van der Waals surface area contributed by atoms with E-state index >= 15 is 0 Å². The first-order valence-electron chi connectivity index (χ1n) is 6.35. The molecule has 0 bridgehead atoms. The van der Waals surface area contributed by atoms with Crippen LogP contribution >= 0.6 is 0 Å². The number of nitrogens with two attached hydrogens (primary N) is 1. The number of hydrogen-bond acceptors (Lipinski definition) is 5. The zero-order valence-corrected chi connectivity index (χ0v) is 10.5. The minimum atomic E-state index is -4.16. The number of halogens is 3. The van der Waals surface area contributed by atoms with Gasteiger partial charge in [-0.05, 0) is 19.3 Å². The molecule has 2 aromatic rings. The first kappa shape index (κ1) is 13.1. The predicted molar refractivity (Wildman–Crippen MR) is 64.6 cm³/mol. The van der Waals surface area contributed by atoms with Gasteiger partial charge in [0.05, 0.1) is 12.0 Å². The lowest BCUT2D eigenvalue weighted by Gasteiger charge is -2.30. The topological polar surface area (TPSA) is 82.5 Å². The molecule has 2 unspecified atom stereocenters. The quantitative estimate of drug-likeness (QED) is 0.868. The van der Waals surface area contributed by atoms with Crippen LogP contribution in [0.3, 0.4) is 0 Å². The molecule has 0 aromatic carbocycles.